The van der Waals surface area contributed by atoms with Crippen molar-refractivity contribution in [3.05, 3.63) is 28.7 Å². The highest BCUT2D eigenvalue weighted by Gasteiger charge is 2.16. The van der Waals surface area contributed by atoms with Gasteiger partial charge in [-0.25, -0.2) is 9.78 Å². The first kappa shape index (κ1) is 10.9. The van der Waals surface area contributed by atoms with E-state index in [1.165, 1.54) is 11.3 Å². The van der Waals surface area contributed by atoms with Crippen LogP contribution in [0, 0.1) is 0 Å². The van der Waals surface area contributed by atoms with Gasteiger partial charge in [-0.05, 0) is 17.9 Å². The zero-order chi connectivity index (χ0) is 11.5. The number of aryl methyl sites for hydroxylation is 1. The zero-order valence-corrected chi connectivity index (χ0v) is 9.70. The third-order valence-electron chi connectivity index (χ3n) is 2.28. The molecule has 0 amide bonds. The zero-order valence-electron chi connectivity index (χ0n) is 8.88. The lowest BCUT2D eigenvalue weighted by Gasteiger charge is -2.05. The van der Waals surface area contributed by atoms with Crippen LogP contribution in [0.5, 0.6) is 0 Å². The first-order valence-corrected chi connectivity index (χ1v) is 5.94. The number of aromatic carboxylic acids is 1. The summed E-state index contributed by atoms with van der Waals surface area (Å²) in [5.74, 6) is -0.156. The number of thiophene rings is 1. The Morgan fingerprint density at radius 2 is 2.44 bits per heavy atom. The highest BCUT2D eigenvalue weighted by molar-refractivity contribution is 7.12. The summed E-state index contributed by atoms with van der Waals surface area (Å²) in [6, 6.07) is 1.81. The maximum Gasteiger partial charge on any atom is 0.346 e. The first-order valence-electron chi connectivity index (χ1n) is 5.06. The number of nitrogens with zero attached hydrogens (tertiary/aromatic N) is 2. The van der Waals surface area contributed by atoms with Crippen molar-refractivity contribution in [2.45, 2.75) is 19.9 Å². The number of carboxylic acids is 1. The number of rotatable bonds is 4. The highest BCUT2D eigenvalue weighted by Crippen LogP contribution is 2.27. The second kappa shape index (κ2) is 4.49. The van der Waals surface area contributed by atoms with Crippen LogP contribution in [0.15, 0.2) is 23.8 Å². The van der Waals surface area contributed by atoms with Crippen LogP contribution in [0.25, 0.3) is 11.4 Å². The number of hydrogen-bond acceptors (Lipinski definition) is 3. The molecule has 0 aliphatic rings. The molecule has 4 nitrogen and oxygen atoms in total. The lowest BCUT2D eigenvalue weighted by atomic mass is 10.2. The Labute approximate surface area is 97.2 Å². The van der Waals surface area contributed by atoms with E-state index in [0.717, 1.165) is 18.8 Å². The second-order valence-electron chi connectivity index (χ2n) is 3.41. The average Bonchev–Trinajstić information content (AvgIpc) is 2.83. The molecule has 0 aliphatic heterocycles. The molecule has 0 saturated carbocycles. The summed E-state index contributed by atoms with van der Waals surface area (Å²) in [7, 11) is 0. The van der Waals surface area contributed by atoms with Gasteiger partial charge in [0.15, 0.2) is 0 Å². The van der Waals surface area contributed by atoms with E-state index in [0.29, 0.717) is 10.4 Å². The lowest BCUT2D eigenvalue weighted by Crippen LogP contribution is -2.01. The Bertz CT molecular complexity index is 502. The monoisotopic (exact) mass is 236 g/mol. The normalized spacial score (nSPS) is 10.6. The molecule has 0 unspecified atom stereocenters. The van der Waals surface area contributed by atoms with Crippen LogP contribution < -0.4 is 0 Å². The van der Waals surface area contributed by atoms with Crippen LogP contribution in [0.3, 0.4) is 0 Å². The Hall–Kier alpha value is -1.62. The SMILES string of the molecule is CCCn1ccnc1-c1ccsc1C(=O)O. The molecule has 0 aliphatic carbocycles. The van der Waals surface area contributed by atoms with Crippen LogP contribution in [0.1, 0.15) is 23.0 Å². The smallest absolute Gasteiger partial charge is 0.346 e. The van der Waals surface area contributed by atoms with Gasteiger partial charge < -0.3 is 9.67 Å². The van der Waals surface area contributed by atoms with Crippen molar-refractivity contribution in [2.24, 2.45) is 0 Å². The molecule has 2 rings (SSSR count). The summed E-state index contributed by atoms with van der Waals surface area (Å²) in [6.45, 7) is 2.93. The number of carbonyl (C=O) groups is 1. The molecular weight excluding hydrogens is 224 g/mol. The fourth-order valence-corrected chi connectivity index (χ4v) is 2.35. The number of carboxylic acid groups (broad SMARTS) is 1. The molecule has 2 aromatic heterocycles. The summed E-state index contributed by atoms with van der Waals surface area (Å²) in [4.78, 5) is 15.6. The van der Waals surface area contributed by atoms with Crippen molar-refractivity contribution in [1.29, 1.82) is 0 Å². The molecule has 0 fully saturated rings. The van der Waals surface area contributed by atoms with E-state index >= 15 is 0 Å². The standard InChI is InChI=1S/C11H12N2O2S/c1-2-5-13-6-4-12-10(13)8-3-7-16-9(8)11(14)15/h3-4,6-7H,2,5H2,1H3,(H,14,15). The Morgan fingerprint density at radius 1 is 1.62 bits per heavy atom. The van der Waals surface area contributed by atoms with E-state index in [2.05, 4.69) is 11.9 Å². The van der Waals surface area contributed by atoms with Crippen molar-refractivity contribution in [3.63, 3.8) is 0 Å². The fourth-order valence-electron chi connectivity index (χ4n) is 1.63. The first-order chi connectivity index (χ1) is 7.74. The Morgan fingerprint density at radius 3 is 3.12 bits per heavy atom. The van der Waals surface area contributed by atoms with Gasteiger partial charge in [-0.3, -0.25) is 0 Å². The highest BCUT2D eigenvalue weighted by atomic mass is 32.1. The van der Waals surface area contributed by atoms with Gasteiger partial charge in [-0.1, -0.05) is 6.92 Å². The Balaban J connectivity index is 2.46. The summed E-state index contributed by atoms with van der Waals surface area (Å²) in [5.41, 5.74) is 0.705. The maximum absolute atomic E-state index is 11.0. The molecule has 1 N–H and O–H groups in total. The molecule has 84 valence electrons. The van der Waals surface area contributed by atoms with E-state index < -0.39 is 5.97 Å². The van der Waals surface area contributed by atoms with Crippen molar-refractivity contribution in [3.8, 4) is 11.4 Å². The van der Waals surface area contributed by atoms with Crippen LogP contribution in [-0.4, -0.2) is 20.6 Å². The molecule has 0 aromatic carbocycles. The minimum Gasteiger partial charge on any atom is -0.477 e. The molecule has 0 atom stereocenters. The van der Waals surface area contributed by atoms with Gasteiger partial charge in [0, 0.05) is 24.5 Å². The number of imidazole rings is 1. The van der Waals surface area contributed by atoms with Crippen molar-refractivity contribution < 1.29 is 9.90 Å². The largest absolute Gasteiger partial charge is 0.477 e. The summed E-state index contributed by atoms with van der Waals surface area (Å²) < 4.78 is 1.98. The van der Waals surface area contributed by atoms with Gasteiger partial charge in [0.25, 0.3) is 0 Å². The van der Waals surface area contributed by atoms with Crippen LogP contribution >= 0.6 is 11.3 Å². The van der Waals surface area contributed by atoms with Crippen molar-refractivity contribution in [1.82, 2.24) is 9.55 Å². The van der Waals surface area contributed by atoms with Crippen LogP contribution in [0.4, 0.5) is 0 Å². The van der Waals surface area contributed by atoms with Gasteiger partial charge in [-0.15, -0.1) is 11.3 Å². The molecule has 0 saturated heterocycles. The third-order valence-corrected chi connectivity index (χ3v) is 3.18. The maximum atomic E-state index is 11.0. The van der Waals surface area contributed by atoms with Gasteiger partial charge >= 0.3 is 5.97 Å². The van der Waals surface area contributed by atoms with E-state index in [1.54, 1.807) is 11.6 Å². The summed E-state index contributed by atoms with van der Waals surface area (Å²) >= 11 is 1.23. The second-order valence-corrected chi connectivity index (χ2v) is 4.33. The Kier molecular flexibility index (Phi) is 3.05. The summed E-state index contributed by atoms with van der Waals surface area (Å²) in [5, 5.41) is 10.8. The molecule has 2 aromatic rings. The number of aromatic nitrogens is 2. The predicted molar refractivity (Wildman–Crippen MR) is 62.8 cm³/mol. The van der Waals surface area contributed by atoms with Crippen molar-refractivity contribution in [2.75, 3.05) is 0 Å². The molecule has 5 heteroatoms. The predicted octanol–water partition coefficient (Wildman–Crippen LogP) is 2.72. The van der Waals surface area contributed by atoms with Gasteiger partial charge in [0.2, 0.25) is 0 Å². The van der Waals surface area contributed by atoms with Crippen molar-refractivity contribution >= 4 is 17.3 Å². The van der Waals surface area contributed by atoms with E-state index in [-0.39, 0.29) is 0 Å². The minimum atomic E-state index is -0.893. The van der Waals surface area contributed by atoms with Gasteiger partial charge in [0.05, 0.1) is 0 Å². The fraction of sp³-hybridized carbons (Fsp3) is 0.273. The van der Waals surface area contributed by atoms with E-state index in [1.807, 2.05) is 16.8 Å². The molecular formula is C11H12N2O2S. The topological polar surface area (TPSA) is 55.1 Å². The molecule has 0 bridgehead atoms. The minimum absolute atomic E-state index is 0.351. The lowest BCUT2D eigenvalue weighted by molar-refractivity contribution is 0.0703. The van der Waals surface area contributed by atoms with E-state index in [4.69, 9.17) is 5.11 Å². The van der Waals surface area contributed by atoms with Gasteiger partial charge in [0.1, 0.15) is 10.7 Å². The molecule has 0 spiro atoms. The quantitative estimate of drug-likeness (QED) is 0.888. The van der Waals surface area contributed by atoms with Gasteiger partial charge in [-0.2, -0.15) is 0 Å². The van der Waals surface area contributed by atoms with Crippen LogP contribution in [0.2, 0.25) is 0 Å². The summed E-state index contributed by atoms with van der Waals surface area (Å²) in [6.07, 6.45) is 4.58. The average molecular weight is 236 g/mol. The molecule has 0 radical (unpaired) electrons. The number of hydrogen-bond donors (Lipinski definition) is 1. The van der Waals surface area contributed by atoms with E-state index in [9.17, 15) is 4.79 Å². The third kappa shape index (κ3) is 1.86. The van der Waals surface area contributed by atoms with Crippen LogP contribution in [-0.2, 0) is 6.54 Å². The molecule has 16 heavy (non-hydrogen) atoms. The molecule has 2 heterocycles.